The van der Waals surface area contributed by atoms with E-state index in [0.717, 1.165) is 6.26 Å². The van der Waals surface area contributed by atoms with E-state index in [4.69, 9.17) is 16.9 Å². The lowest BCUT2D eigenvalue weighted by molar-refractivity contribution is 0.0937. The number of nitrogens with one attached hydrogen (secondary N) is 1. The molecule has 0 spiro atoms. The SMILES string of the molecule is Cc1nc([C@@H](C)NC(=O)c2cc(Cl)cc(S(C)(=O)=O)c2)n(-c2ccc(C#N)cn2)n1.S. The summed E-state index contributed by atoms with van der Waals surface area (Å²) in [6.07, 6.45) is 2.46. The van der Waals surface area contributed by atoms with Crippen LogP contribution in [0.4, 0.5) is 0 Å². The molecule has 1 aromatic carbocycles. The molecule has 0 aliphatic rings. The summed E-state index contributed by atoms with van der Waals surface area (Å²) >= 11 is 5.98. The van der Waals surface area contributed by atoms with Crippen LogP contribution in [0.1, 0.15) is 40.5 Å². The topological polar surface area (TPSA) is 131 Å². The van der Waals surface area contributed by atoms with Gasteiger partial charge in [-0.2, -0.15) is 23.4 Å². The van der Waals surface area contributed by atoms with Gasteiger partial charge in [0, 0.05) is 23.0 Å². The quantitative estimate of drug-likeness (QED) is 0.595. The van der Waals surface area contributed by atoms with E-state index in [-0.39, 0.29) is 29.0 Å². The lowest BCUT2D eigenvalue weighted by Gasteiger charge is -2.15. The number of amides is 1. The molecule has 1 N–H and O–H groups in total. The molecule has 31 heavy (non-hydrogen) atoms. The molecule has 2 aromatic heterocycles. The second-order valence-corrected chi connectivity index (χ2v) is 9.04. The van der Waals surface area contributed by atoms with Gasteiger partial charge in [0.15, 0.2) is 21.5 Å². The van der Waals surface area contributed by atoms with Gasteiger partial charge in [0.1, 0.15) is 11.9 Å². The number of aryl methyl sites for hydroxylation is 1. The third-order valence-electron chi connectivity index (χ3n) is 4.13. The fraction of sp³-hybridized carbons (Fsp3) is 0.211. The fourth-order valence-corrected chi connectivity index (χ4v) is 3.69. The van der Waals surface area contributed by atoms with Crippen LogP contribution in [0.2, 0.25) is 5.02 Å². The van der Waals surface area contributed by atoms with Crippen molar-refractivity contribution in [2.24, 2.45) is 0 Å². The monoisotopic (exact) mass is 478 g/mol. The van der Waals surface area contributed by atoms with Gasteiger partial charge in [-0.3, -0.25) is 4.79 Å². The highest BCUT2D eigenvalue weighted by atomic mass is 35.5. The first-order valence-corrected chi connectivity index (χ1v) is 11.0. The Bertz CT molecular complexity index is 1270. The molecule has 0 saturated carbocycles. The van der Waals surface area contributed by atoms with Crippen LogP contribution < -0.4 is 5.32 Å². The molecule has 162 valence electrons. The van der Waals surface area contributed by atoms with Crippen LogP contribution in [-0.4, -0.2) is 40.3 Å². The first-order chi connectivity index (χ1) is 14.1. The van der Waals surface area contributed by atoms with E-state index < -0.39 is 21.8 Å². The summed E-state index contributed by atoms with van der Waals surface area (Å²) in [7, 11) is -3.53. The second-order valence-electron chi connectivity index (χ2n) is 6.59. The molecule has 0 fully saturated rings. The molecule has 1 amide bonds. The number of carbonyl (C=O) groups is 1. The minimum atomic E-state index is -3.53. The minimum absolute atomic E-state index is 0. The van der Waals surface area contributed by atoms with Crippen LogP contribution in [0, 0.1) is 18.3 Å². The summed E-state index contributed by atoms with van der Waals surface area (Å²) in [5, 5.41) is 16.1. The number of nitriles is 1. The maximum atomic E-state index is 12.7. The van der Waals surface area contributed by atoms with Crippen LogP contribution in [0.15, 0.2) is 41.4 Å². The first-order valence-electron chi connectivity index (χ1n) is 8.70. The molecule has 0 saturated heterocycles. The van der Waals surface area contributed by atoms with Crippen molar-refractivity contribution in [3.05, 3.63) is 64.3 Å². The van der Waals surface area contributed by atoms with Gasteiger partial charge in [0.2, 0.25) is 0 Å². The number of hydrogen-bond acceptors (Lipinski definition) is 7. The van der Waals surface area contributed by atoms with E-state index in [1.54, 1.807) is 26.0 Å². The molecular weight excluding hydrogens is 460 g/mol. The Hall–Kier alpha value is -2.94. The molecular formula is C19H19ClN6O3S2. The van der Waals surface area contributed by atoms with Crippen LogP contribution in [0.3, 0.4) is 0 Å². The van der Waals surface area contributed by atoms with Crippen LogP contribution in [0.25, 0.3) is 5.82 Å². The van der Waals surface area contributed by atoms with E-state index in [9.17, 15) is 13.2 Å². The highest BCUT2D eigenvalue weighted by molar-refractivity contribution is 7.90. The van der Waals surface area contributed by atoms with Gasteiger partial charge in [-0.15, -0.1) is 5.10 Å². The van der Waals surface area contributed by atoms with Gasteiger partial charge in [-0.25, -0.2) is 18.4 Å². The minimum Gasteiger partial charge on any atom is -0.342 e. The highest BCUT2D eigenvalue weighted by Crippen LogP contribution is 2.21. The fourth-order valence-electron chi connectivity index (χ4n) is 2.71. The summed E-state index contributed by atoms with van der Waals surface area (Å²) in [5.74, 6) is 0.811. The molecule has 2 heterocycles. The summed E-state index contributed by atoms with van der Waals surface area (Å²) in [4.78, 5) is 21.2. The third kappa shape index (κ3) is 5.61. The number of halogens is 1. The first kappa shape index (κ1) is 24.3. The number of pyridine rings is 1. The Labute approximate surface area is 191 Å². The summed E-state index contributed by atoms with van der Waals surface area (Å²) in [6.45, 7) is 3.41. The Morgan fingerprint density at radius 2 is 2.00 bits per heavy atom. The number of nitrogens with zero attached hydrogens (tertiary/aromatic N) is 5. The zero-order valence-corrected chi connectivity index (χ0v) is 19.4. The standard InChI is InChI=1S/C19H17ClN6O3S.H2S/c1-11(23-19(27)14-6-15(20)8-16(7-14)30(3,28)29)18-24-12(2)25-26(18)17-5-4-13(9-21)10-22-17;/h4-8,10-11H,1-3H3,(H,23,27);1H2/t11-;/m1./s1. The zero-order valence-electron chi connectivity index (χ0n) is 16.8. The van der Waals surface area contributed by atoms with Crippen molar-refractivity contribution < 1.29 is 13.2 Å². The van der Waals surface area contributed by atoms with E-state index in [0.29, 0.717) is 23.0 Å². The number of benzene rings is 1. The average molecular weight is 479 g/mol. The molecule has 0 unspecified atom stereocenters. The van der Waals surface area contributed by atoms with Crippen molar-refractivity contribution in [2.45, 2.75) is 24.8 Å². The molecule has 0 radical (unpaired) electrons. The summed E-state index contributed by atoms with van der Waals surface area (Å²) in [6, 6.07) is 8.57. The molecule has 3 rings (SSSR count). The Morgan fingerprint density at radius 3 is 2.58 bits per heavy atom. The van der Waals surface area contributed by atoms with Crippen molar-refractivity contribution >= 4 is 40.8 Å². The van der Waals surface area contributed by atoms with E-state index in [1.165, 1.54) is 29.1 Å². The zero-order chi connectivity index (χ0) is 22.1. The number of aromatic nitrogens is 4. The summed E-state index contributed by atoms with van der Waals surface area (Å²) in [5.41, 5.74) is 0.509. The second kappa shape index (κ2) is 9.47. The molecule has 0 aliphatic heterocycles. The Kier molecular flexibility index (Phi) is 7.43. The van der Waals surface area contributed by atoms with E-state index >= 15 is 0 Å². The third-order valence-corrected chi connectivity index (χ3v) is 5.44. The van der Waals surface area contributed by atoms with Crippen molar-refractivity contribution in [3.8, 4) is 11.9 Å². The van der Waals surface area contributed by atoms with Gasteiger partial charge < -0.3 is 5.32 Å². The number of carbonyl (C=O) groups excluding carboxylic acids is 1. The lowest BCUT2D eigenvalue weighted by Crippen LogP contribution is -2.29. The molecule has 12 heteroatoms. The van der Waals surface area contributed by atoms with Crippen LogP contribution in [-0.2, 0) is 9.84 Å². The predicted octanol–water partition coefficient (Wildman–Crippen LogP) is 2.50. The van der Waals surface area contributed by atoms with Gasteiger partial charge in [-0.05, 0) is 44.2 Å². The normalized spacial score (nSPS) is 11.8. The number of hydrogen-bond donors (Lipinski definition) is 1. The number of rotatable bonds is 5. The van der Waals surface area contributed by atoms with E-state index in [1.807, 2.05) is 6.07 Å². The molecule has 0 bridgehead atoms. The predicted molar refractivity (Wildman–Crippen MR) is 119 cm³/mol. The molecule has 1 atom stereocenters. The van der Waals surface area contributed by atoms with Gasteiger partial charge >= 0.3 is 0 Å². The van der Waals surface area contributed by atoms with Crippen molar-refractivity contribution in [1.29, 1.82) is 5.26 Å². The number of sulfone groups is 1. The molecule has 9 nitrogen and oxygen atoms in total. The summed E-state index contributed by atoms with van der Waals surface area (Å²) < 4.78 is 25.1. The Morgan fingerprint density at radius 1 is 1.29 bits per heavy atom. The van der Waals surface area contributed by atoms with Gasteiger partial charge in [0.25, 0.3) is 5.91 Å². The van der Waals surface area contributed by atoms with Gasteiger partial charge in [0.05, 0.1) is 16.5 Å². The van der Waals surface area contributed by atoms with E-state index in [2.05, 4.69) is 20.4 Å². The van der Waals surface area contributed by atoms with Crippen LogP contribution >= 0.6 is 25.1 Å². The Balaban J connectivity index is 0.00000341. The van der Waals surface area contributed by atoms with Crippen molar-refractivity contribution in [1.82, 2.24) is 25.1 Å². The van der Waals surface area contributed by atoms with Crippen molar-refractivity contribution in [2.75, 3.05) is 6.26 Å². The lowest BCUT2D eigenvalue weighted by atomic mass is 10.2. The maximum absolute atomic E-state index is 12.7. The van der Waals surface area contributed by atoms with Gasteiger partial charge in [-0.1, -0.05) is 11.6 Å². The smallest absolute Gasteiger partial charge is 0.251 e. The van der Waals surface area contributed by atoms with Crippen molar-refractivity contribution in [3.63, 3.8) is 0 Å². The average Bonchev–Trinajstić information content (AvgIpc) is 3.08. The largest absolute Gasteiger partial charge is 0.342 e. The maximum Gasteiger partial charge on any atom is 0.251 e. The van der Waals surface area contributed by atoms with Crippen LogP contribution in [0.5, 0.6) is 0 Å². The molecule has 3 aromatic rings. The highest BCUT2D eigenvalue weighted by Gasteiger charge is 2.21. The molecule has 0 aliphatic carbocycles.